The van der Waals surface area contributed by atoms with Crippen LogP contribution < -0.4 is 15.8 Å². The normalized spacial score (nSPS) is 15.5. The first kappa shape index (κ1) is 20.1. The SMILES string of the molecule is Cl.NCC(NC(=O)C(Oc1ccc(F)c(F)c1)c1ccccc1)C1CC1. The Morgan fingerprint density at radius 2 is 1.85 bits per heavy atom. The highest BCUT2D eigenvalue weighted by Gasteiger charge is 2.33. The van der Waals surface area contributed by atoms with E-state index in [9.17, 15) is 13.6 Å². The lowest BCUT2D eigenvalue weighted by atomic mass is 10.1. The fourth-order valence-electron chi connectivity index (χ4n) is 2.71. The molecule has 1 aliphatic carbocycles. The fraction of sp³-hybridized carbons (Fsp3) is 0.316. The largest absolute Gasteiger partial charge is 0.476 e. The molecule has 0 spiro atoms. The summed E-state index contributed by atoms with van der Waals surface area (Å²) >= 11 is 0. The maximum atomic E-state index is 13.4. The van der Waals surface area contributed by atoms with Crippen LogP contribution in [0.15, 0.2) is 48.5 Å². The zero-order valence-electron chi connectivity index (χ0n) is 14.0. The highest BCUT2D eigenvalue weighted by Crippen LogP contribution is 2.33. The van der Waals surface area contributed by atoms with Crippen LogP contribution in [0.5, 0.6) is 5.75 Å². The molecule has 0 radical (unpaired) electrons. The molecule has 140 valence electrons. The van der Waals surface area contributed by atoms with Crippen LogP contribution in [-0.2, 0) is 4.79 Å². The Kier molecular flexibility index (Phi) is 6.94. The molecule has 0 aromatic heterocycles. The molecule has 2 atom stereocenters. The van der Waals surface area contributed by atoms with Crippen LogP contribution in [0.2, 0.25) is 0 Å². The molecule has 3 N–H and O–H groups in total. The van der Waals surface area contributed by atoms with E-state index >= 15 is 0 Å². The minimum absolute atomic E-state index is 0. The number of amides is 1. The summed E-state index contributed by atoms with van der Waals surface area (Å²) in [6.45, 7) is 0.350. The Balaban J connectivity index is 0.00000243. The molecule has 0 bridgehead atoms. The number of nitrogens with one attached hydrogen (secondary N) is 1. The van der Waals surface area contributed by atoms with Crippen molar-refractivity contribution in [1.29, 1.82) is 0 Å². The summed E-state index contributed by atoms with van der Waals surface area (Å²) in [6, 6.07) is 12.0. The first-order valence-corrected chi connectivity index (χ1v) is 8.25. The summed E-state index contributed by atoms with van der Waals surface area (Å²) in [5.74, 6) is -1.86. The second-order valence-corrected chi connectivity index (χ2v) is 6.17. The highest BCUT2D eigenvalue weighted by atomic mass is 35.5. The van der Waals surface area contributed by atoms with Crippen molar-refractivity contribution >= 4 is 18.3 Å². The van der Waals surface area contributed by atoms with Gasteiger partial charge >= 0.3 is 0 Å². The van der Waals surface area contributed by atoms with Gasteiger partial charge in [-0.15, -0.1) is 12.4 Å². The molecule has 3 rings (SSSR count). The van der Waals surface area contributed by atoms with Crippen molar-refractivity contribution in [3.8, 4) is 5.75 Å². The summed E-state index contributed by atoms with van der Waals surface area (Å²) in [4.78, 5) is 12.7. The van der Waals surface area contributed by atoms with E-state index in [4.69, 9.17) is 10.5 Å². The number of halogens is 3. The monoisotopic (exact) mass is 382 g/mol. The molecule has 1 amide bonds. The number of ether oxygens (including phenoxy) is 1. The third-order valence-corrected chi connectivity index (χ3v) is 4.26. The van der Waals surface area contributed by atoms with Gasteiger partial charge in [0.05, 0.1) is 0 Å². The quantitative estimate of drug-likeness (QED) is 0.771. The molecule has 7 heteroatoms. The van der Waals surface area contributed by atoms with Crippen LogP contribution in [0.4, 0.5) is 8.78 Å². The number of nitrogens with two attached hydrogens (primary N) is 1. The zero-order valence-corrected chi connectivity index (χ0v) is 14.8. The smallest absolute Gasteiger partial charge is 0.266 e. The van der Waals surface area contributed by atoms with Crippen molar-refractivity contribution in [2.24, 2.45) is 11.7 Å². The van der Waals surface area contributed by atoms with Crippen molar-refractivity contribution in [3.63, 3.8) is 0 Å². The number of benzene rings is 2. The average Bonchev–Trinajstić information content (AvgIpc) is 3.46. The molecule has 0 aliphatic heterocycles. The number of carbonyl (C=O) groups excluding carboxylic acids is 1. The Hall–Kier alpha value is -2.18. The van der Waals surface area contributed by atoms with Gasteiger partial charge in [-0.3, -0.25) is 4.79 Å². The molecule has 0 heterocycles. The van der Waals surface area contributed by atoms with Gasteiger partial charge in [-0.1, -0.05) is 30.3 Å². The maximum absolute atomic E-state index is 13.4. The lowest BCUT2D eigenvalue weighted by molar-refractivity contribution is -0.129. The van der Waals surface area contributed by atoms with E-state index in [0.29, 0.717) is 18.0 Å². The van der Waals surface area contributed by atoms with Gasteiger partial charge in [-0.25, -0.2) is 8.78 Å². The maximum Gasteiger partial charge on any atom is 0.266 e. The lowest BCUT2D eigenvalue weighted by Crippen LogP contribution is -2.44. The van der Waals surface area contributed by atoms with Gasteiger partial charge in [0.15, 0.2) is 11.6 Å². The molecular formula is C19H21ClF2N2O2. The van der Waals surface area contributed by atoms with E-state index in [-0.39, 0.29) is 30.1 Å². The van der Waals surface area contributed by atoms with Crippen molar-refractivity contribution in [3.05, 3.63) is 65.7 Å². The van der Waals surface area contributed by atoms with E-state index in [1.54, 1.807) is 24.3 Å². The molecule has 26 heavy (non-hydrogen) atoms. The molecule has 1 saturated carbocycles. The fourth-order valence-corrected chi connectivity index (χ4v) is 2.71. The van der Waals surface area contributed by atoms with Crippen LogP contribution in [0.3, 0.4) is 0 Å². The van der Waals surface area contributed by atoms with Crippen molar-refractivity contribution < 1.29 is 18.3 Å². The van der Waals surface area contributed by atoms with Crippen molar-refractivity contribution in [1.82, 2.24) is 5.32 Å². The molecule has 2 aromatic carbocycles. The van der Waals surface area contributed by atoms with Gasteiger partial charge in [0.25, 0.3) is 5.91 Å². The van der Waals surface area contributed by atoms with Crippen LogP contribution in [0.25, 0.3) is 0 Å². The standard InChI is InChI=1S/C19H20F2N2O2.ClH/c20-15-9-8-14(10-16(15)21)25-18(13-4-2-1-3-5-13)19(24)23-17(11-22)12-6-7-12;/h1-5,8-10,12,17-18H,6-7,11,22H2,(H,23,24);1H. The lowest BCUT2D eigenvalue weighted by Gasteiger charge is -2.23. The third kappa shape index (κ3) is 4.93. The molecule has 2 aromatic rings. The molecular weight excluding hydrogens is 362 g/mol. The van der Waals surface area contributed by atoms with E-state index in [1.807, 2.05) is 6.07 Å². The van der Waals surface area contributed by atoms with Crippen LogP contribution in [-0.4, -0.2) is 18.5 Å². The average molecular weight is 383 g/mol. The van der Waals surface area contributed by atoms with E-state index in [0.717, 1.165) is 25.0 Å². The first-order chi connectivity index (χ1) is 12.1. The van der Waals surface area contributed by atoms with Gasteiger partial charge in [0, 0.05) is 24.2 Å². The number of rotatable bonds is 7. The van der Waals surface area contributed by atoms with E-state index in [2.05, 4.69) is 5.32 Å². The number of carbonyl (C=O) groups is 1. The van der Waals surface area contributed by atoms with Gasteiger partial charge in [0.1, 0.15) is 5.75 Å². The highest BCUT2D eigenvalue weighted by molar-refractivity contribution is 5.85. The second kappa shape index (κ2) is 8.96. The van der Waals surface area contributed by atoms with Gasteiger partial charge in [0.2, 0.25) is 6.10 Å². The summed E-state index contributed by atoms with van der Waals surface area (Å²) < 4.78 is 32.2. The molecule has 1 fully saturated rings. The Morgan fingerprint density at radius 3 is 2.42 bits per heavy atom. The Bertz CT molecular complexity index is 742. The minimum Gasteiger partial charge on any atom is -0.476 e. The van der Waals surface area contributed by atoms with Crippen LogP contribution >= 0.6 is 12.4 Å². The van der Waals surface area contributed by atoms with E-state index in [1.165, 1.54) is 6.07 Å². The molecule has 0 saturated heterocycles. The summed E-state index contributed by atoms with van der Waals surface area (Å²) in [7, 11) is 0. The predicted octanol–water partition coefficient (Wildman–Crippen LogP) is 3.36. The number of hydrogen-bond donors (Lipinski definition) is 2. The Morgan fingerprint density at radius 1 is 1.15 bits per heavy atom. The zero-order chi connectivity index (χ0) is 17.8. The third-order valence-electron chi connectivity index (χ3n) is 4.26. The number of hydrogen-bond acceptors (Lipinski definition) is 3. The topological polar surface area (TPSA) is 64.3 Å². The summed E-state index contributed by atoms with van der Waals surface area (Å²) in [5, 5.41) is 2.92. The summed E-state index contributed by atoms with van der Waals surface area (Å²) in [5.41, 5.74) is 6.36. The second-order valence-electron chi connectivity index (χ2n) is 6.17. The van der Waals surface area contributed by atoms with Crippen molar-refractivity contribution in [2.75, 3.05) is 6.54 Å². The molecule has 4 nitrogen and oxygen atoms in total. The predicted molar refractivity (Wildman–Crippen MR) is 97.1 cm³/mol. The van der Waals surface area contributed by atoms with E-state index < -0.39 is 17.7 Å². The van der Waals surface area contributed by atoms with Gasteiger partial charge in [-0.05, 0) is 30.9 Å². The summed E-state index contributed by atoms with van der Waals surface area (Å²) in [6.07, 6.45) is 1.11. The van der Waals surface area contributed by atoms with Crippen molar-refractivity contribution in [2.45, 2.75) is 25.0 Å². The molecule has 2 unspecified atom stereocenters. The van der Waals surface area contributed by atoms with Gasteiger partial charge in [-0.2, -0.15) is 0 Å². The first-order valence-electron chi connectivity index (χ1n) is 8.25. The van der Waals surface area contributed by atoms with Crippen LogP contribution in [0.1, 0.15) is 24.5 Å². The van der Waals surface area contributed by atoms with Crippen LogP contribution in [0, 0.1) is 17.6 Å². The Labute approximate surface area is 157 Å². The minimum atomic E-state index is -1.03. The molecule has 1 aliphatic rings. The van der Waals surface area contributed by atoms with Gasteiger partial charge < -0.3 is 15.8 Å².